The summed E-state index contributed by atoms with van der Waals surface area (Å²) in [6.45, 7) is 9.28. The van der Waals surface area contributed by atoms with Crippen LogP contribution in [0, 0.1) is 0 Å². The van der Waals surface area contributed by atoms with Gasteiger partial charge in [-0.05, 0) is 45.4 Å². The Hall–Kier alpha value is -2.24. The summed E-state index contributed by atoms with van der Waals surface area (Å²) in [5.41, 5.74) is 0.646. The van der Waals surface area contributed by atoms with Crippen molar-refractivity contribution in [1.82, 2.24) is 16.0 Å². The van der Waals surface area contributed by atoms with Crippen LogP contribution in [0.2, 0.25) is 0 Å². The molecule has 1 aromatic carbocycles. The highest BCUT2D eigenvalue weighted by atomic mass is 127. The second-order valence-corrected chi connectivity index (χ2v) is 7.08. The van der Waals surface area contributed by atoms with Crippen LogP contribution in [0.5, 0.6) is 5.75 Å². The summed E-state index contributed by atoms with van der Waals surface area (Å²) in [6, 6.07) is 5.24. The maximum atomic E-state index is 11.9. The number of guanidine groups is 1. The van der Waals surface area contributed by atoms with E-state index in [1.54, 1.807) is 12.1 Å². The van der Waals surface area contributed by atoms with E-state index in [1.165, 1.54) is 14.2 Å². The molecule has 0 radical (unpaired) electrons. The molecule has 30 heavy (non-hydrogen) atoms. The summed E-state index contributed by atoms with van der Waals surface area (Å²) in [6.07, 6.45) is -0.463. The van der Waals surface area contributed by atoms with Crippen molar-refractivity contribution in [3.05, 3.63) is 29.3 Å². The lowest BCUT2D eigenvalue weighted by Gasteiger charge is -2.20. The van der Waals surface area contributed by atoms with Crippen molar-refractivity contribution in [3.63, 3.8) is 0 Å². The van der Waals surface area contributed by atoms with Gasteiger partial charge in [-0.3, -0.25) is 0 Å². The van der Waals surface area contributed by atoms with Crippen molar-refractivity contribution in [2.75, 3.05) is 33.9 Å². The van der Waals surface area contributed by atoms with Crippen molar-refractivity contribution in [2.24, 2.45) is 4.99 Å². The van der Waals surface area contributed by atoms with Gasteiger partial charge in [0, 0.05) is 19.6 Å². The van der Waals surface area contributed by atoms with Crippen molar-refractivity contribution < 1.29 is 23.8 Å². The predicted molar refractivity (Wildman–Crippen MR) is 127 cm³/mol. The first kappa shape index (κ1) is 27.8. The number of alkyl carbamates (subject to hydrolysis) is 1. The van der Waals surface area contributed by atoms with Crippen LogP contribution in [-0.4, -0.2) is 57.5 Å². The summed E-state index contributed by atoms with van der Waals surface area (Å²) in [5, 5.41) is 8.94. The Labute approximate surface area is 195 Å². The first-order chi connectivity index (χ1) is 13.7. The Morgan fingerprint density at radius 2 is 1.73 bits per heavy atom. The van der Waals surface area contributed by atoms with E-state index in [2.05, 4.69) is 20.9 Å². The normalized spacial score (nSPS) is 11.1. The molecule has 3 N–H and O–H groups in total. The third-order valence-electron chi connectivity index (χ3n) is 3.52. The molecule has 0 unspecified atom stereocenters. The number of hydrogen-bond donors (Lipinski definition) is 3. The van der Waals surface area contributed by atoms with E-state index in [0.29, 0.717) is 43.5 Å². The minimum Gasteiger partial charge on any atom is -0.496 e. The fourth-order valence-electron chi connectivity index (χ4n) is 2.29. The highest BCUT2D eigenvalue weighted by Crippen LogP contribution is 2.21. The van der Waals surface area contributed by atoms with Crippen LogP contribution in [0.4, 0.5) is 4.79 Å². The monoisotopic (exact) mass is 536 g/mol. The third kappa shape index (κ3) is 10.5. The molecule has 0 bridgehead atoms. The summed E-state index contributed by atoms with van der Waals surface area (Å²) in [5.74, 6) is 0.572. The summed E-state index contributed by atoms with van der Waals surface area (Å²) >= 11 is 0. The maximum absolute atomic E-state index is 11.9. The van der Waals surface area contributed by atoms with E-state index < -0.39 is 17.7 Å². The quantitative estimate of drug-likeness (QED) is 0.154. The van der Waals surface area contributed by atoms with Gasteiger partial charge in [0.1, 0.15) is 16.9 Å². The zero-order valence-corrected chi connectivity index (χ0v) is 20.8. The molecule has 170 valence electrons. The molecular formula is C20H33IN4O5. The van der Waals surface area contributed by atoms with E-state index >= 15 is 0 Å². The van der Waals surface area contributed by atoms with E-state index in [4.69, 9.17) is 14.2 Å². The van der Waals surface area contributed by atoms with Gasteiger partial charge in [-0.2, -0.15) is 0 Å². The van der Waals surface area contributed by atoms with Crippen molar-refractivity contribution in [3.8, 4) is 5.75 Å². The molecule has 1 rings (SSSR count). The van der Waals surface area contributed by atoms with Crippen LogP contribution in [0.1, 0.15) is 43.6 Å². The van der Waals surface area contributed by atoms with Gasteiger partial charge < -0.3 is 30.2 Å². The lowest BCUT2D eigenvalue weighted by Crippen LogP contribution is -2.42. The first-order valence-electron chi connectivity index (χ1n) is 9.44. The molecule has 0 aromatic heterocycles. The Bertz CT molecular complexity index is 720. The molecule has 0 heterocycles. The Balaban J connectivity index is 0.00000841. The summed E-state index contributed by atoms with van der Waals surface area (Å²) in [7, 11) is 2.82. The SMILES string of the molecule is CCNC(=NCc1ccc(OC)c(C(=O)OC)c1)NCCNC(=O)OC(C)(C)C.I. The Morgan fingerprint density at radius 1 is 1.07 bits per heavy atom. The molecule has 1 amide bonds. The zero-order valence-electron chi connectivity index (χ0n) is 18.5. The molecule has 9 nitrogen and oxygen atoms in total. The smallest absolute Gasteiger partial charge is 0.407 e. The minimum atomic E-state index is -0.532. The number of halogens is 1. The average molecular weight is 536 g/mol. The van der Waals surface area contributed by atoms with Gasteiger partial charge in [0.05, 0.1) is 20.8 Å². The van der Waals surface area contributed by atoms with E-state index in [9.17, 15) is 9.59 Å². The maximum Gasteiger partial charge on any atom is 0.407 e. The second kappa shape index (κ2) is 13.9. The predicted octanol–water partition coefficient (Wildman–Crippen LogP) is 2.68. The number of amides is 1. The lowest BCUT2D eigenvalue weighted by molar-refractivity contribution is 0.0527. The number of rotatable bonds is 8. The van der Waals surface area contributed by atoms with Crippen LogP contribution in [0.25, 0.3) is 0 Å². The molecule has 1 aromatic rings. The third-order valence-corrected chi connectivity index (χ3v) is 3.52. The standard InChI is InChI=1S/C20H32N4O5.HI/c1-7-21-18(22-10-11-23-19(26)29-20(2,3)4)24-13-14-8-9-16(27-5)15(12-14)17(25)28-6;/h8-9,12H,7,10-11,13H2,1-6H3,(H,23,26)(H2,21,22,24);1H. The minimum absolute atomic E-state index is 0. The molecule has 0 spiro atoms. The molecule has 0 aliphatic heterocycles. The second-order valence-electron chi connectivity index (χ2n) is 7.08. The average Bonchev–Trinajstić information content (AvgIpc) is 2.67. The van der Waals surface area contributed by atoms with Crippen molar-refractivity contribution in [1.29, 1.82) is 0 Å². The van der Waals surface area contributed by atoms with Crippen LogP contribution in [0.15, 0.2) is 23.2 Å². The summed E-state index contributed by atoms with van der Waals surface area (Å²) in [4.78, 5) is 28.0. The Kier molecular flexibility index (Phi) is 12.8. The van der Waals surface area contributed by atoms with Crippen LogP contribution in [0.3, 0.4) is 0 Å². The largest absolute Gasteiger partial charge is 0.496 e. The molecule has 0 atom stereocenters. The molecule has 0 aliphatic carbocycles. The number of nitrogens with zero attached hydrogens (tertiary/aromatic N) is 1. The number of methoxy groups -OCH3 is 2. The number of ether oxygens (including phenoxy) is 3. The van der Waals surface area contributed by atoms with Crippen LogP contribution >= 0.6 is 24.0 Å². The van der Waals surface area contributed by atoms with Crippen molar-refractivity contribution >= 4 is 42.0 Å². The van der Waals surface area contributed by atoms with Crippen molar-refractivity contribution in [2.45, 2.75) is 39.8 Å². The van der Waals surface area contributed by atoms with Gasteiger partial charge in [0.15, 0.2) is 5.96 Å². The molecule has 0 saturated carbocycles. The lowest BCUT2D eigenvalue weighted by atomic mass is 10.1. The number of aliphatic imine (C=N–C) groups is 1. The first-order valence-corrected chi connectivity index (χ1v) is 9.44. The molecular weight excluding hydrogens is 503 g/mol. The fraction of sp³-hybridized carbons (Fsp3) is 0.550. The highest BCUT2D eigenvalue weighted by Gasteiger charge is 2.15. The molecule has 0 aliphatic rings. The van der Waals surface area contributed by atoms with Gasteiger partial charge in [-0.25, -0.2) is 14.6 Å². The van der Waals surface area contributed by atoms with Gasteiger partial charge in [0.2, 0.25) is 0 Å². The fourth-order valence-corrected chi connectivity index (χ4v) is 2.29. The summed E-state index contributed by atoms with van der Waals surface area (Å²) < 4.78 is 15.2. The number of nitrogens with one attached hydrogen (secondary N) is 3. The topological polar surface area (TPSA) is 110 Å². The number of benzene rings is 1. The zero-order chi connectivity index (χ0) is 21.9. The van der Waals surface area contributed by atoms with Gasteiger partial charge >= 0.3 is 12.1 Å². The Morgan fingerprint density at radius 3 is 2.30 bits per heavy atom. The number of carbonyl (C=O) groups excluding carboxylic acids is 2. The van der Waals surface area contributed by atoms with Gasteiger partial charge in [-0.1, -0.05) is 6.07 Å². The number of hydrogen-bond acceptors (Lipinski definition) is 6. The van der Waals surface area contributed by atoms with Crippen LogP contribution < -0.4 is 20.7 Å². The van der Waals surface area contributed by atoms with E-state index in [1.807, 2.05) is 33.8 Å². The van der Waals surface area contributed by atoms with E-state index in [0.717, 1.165) is 5.56 Å². The molecule has 0 saturated heterocycles. The van der Waals surface area contributed by atoms with Gasteiger partial charge in [-0.15, -0.1) is 24.0 Å². The highest BCUT2D eigenvalue weighted by molar-refractivity contribution is 14.0. The molecule has 10 heteroatoms. The molecule has 0 fully saturated rings. The van der Waals surface area contributed by atoms with E-state index in [-0.39, 0.29) is 24.0 Å². The van der Waals surface area contributed by atoms with Gasteiger partial charge in [0.25, 0.3) is 0 Å². The number of carbonyl (C=O) groups is 2. The van der Waals surface area contributed by atoms with Crippen LogP contribution in [-0.2, 0) is 16.0 Å². The number of esters is 1.